The molecule has 3 amide bonds. The molecule has 8 nitrogen and oxygen atoms in total. The van der Waals surface area contributed by atoms with Crippen LogP contribution in [0.5, 0.6) is 0 Å². The van der Waals surface area contributed by atoms with Crippen LogP contribution >= 0.6 is 0 Å². The van der Waals surface area contributed by atoms with Crippen LogP contribution in [0.25, 0.3) is 0 Å². The molecule has 0 aromatic carbocycles. The van der Waals surface area contributed by atoms with Crippen molar-refractivity contribution in [2.45, 2.75) is 25.4 Å². The predicted octanol–water partition coefficient (Wildman–Crippen LogP) is -0.154. The van der Waals surface area contributed by atoms with E-state index >= 15 is 0 Å². The van der Waals surface area contributed by atoms with Gasteiger partial charge in [0.05, 0.1) is 6.54 Å². The van der Waals surface area contributed by atoms with Crippen LogP contribution in [0.2, 0.25) is 0 Å². The monoisotopic (exact) mass is 279 g/mol. The summed E-state index contributed by atoms with van der Waals surface area (Å²) in [6.45, 7) is 3.46. The fourth-order valence-electron chi connectivity index (χ4n) is 3.00. The average Bonchev–Trinajstić information content (AvgIpc) is 3.06. The van der Waals surface area contributed by atoms with E-state index in [1.54, 1.807) is 18.9 Å². The zero-order chi connectivity index (χ0) is 14.5. The van der Waals surface area contributed by atoms with Crippen LogP contribution in [-0.2, 0) is 11.3 Å². The lowest BCUT2D eigenvalue weighted by atomic mass is 9.97. The fourth-order valence-corrected chi connectivity index (χ4v) is 3.00. The Hall–Kier alpha value is -1.96. The maximum Gasteiger partial charge on any atom is 0.327 e. The van der Waals surface area contributed by atoms with Crippen LogP contribution in [0.15, 0.2) is 4.42 Å². The third-order valence-corrected chi connectivity index (χ3v) is 4.17. The molecule has 2 aliphatic rings. The molecule has 1 aromatic rings. The van der Waals surface area contributed by atoms with E-state index < -0.39 is 5.54 Å². The highest BCUT2D eigenvalue weighted by Gasteiger charge is 2.57. The molecule has 0 aliphatic carbocycles. The number of urea groups is 1. The molecule has 1 unspecified atom stereocenters. The normalized spacial score (nSPS) is 27.4. The Labute approximate surface area is 116 Å². The van der Waals surface area contributed by atoms with Crippen LogP contribution in [0, 0.1) is 6.92 Å². The zero-order valence-corrected chi connectivity index (χ0v) is 11.8. The van der Waals surface area contributed by atoms with Gasteiger partial charge in [0.1, 0.15) is 5.54 Å². The number of amides is 3. The largest absolute Gasteiger partial charge is 0.424 e. The van der Waals surface area contributed by atoms with E-state index in [0.29, 0.717) is 31.3 Å². The van der Waals surface area contributed by atoms with E-state index in [0.717, 1.165) is 6.54 Å². The molecule has 8 heteroatoms. The Morgan fingerprint density at radius 1 is 1.30 bits per heavy atom. The van der Waals surface area contributed by atoms with Gasteiger partial charge >= 0.3 is 6.03 Å². The lowest BCUT2D eigenvalue weighted by Crippen LogP contribution is -2.49. The second-order valence-corrected chi connectivity index (χ2v) is 5.41. The molecule has 108 valence electrons. The Morgan fingerprint density at radius 3 is 2.60 bits per heavy atom. The number of aromatic nitrogens is 2. The number of hydrogen-bond acceptors (Lipinski definition) is 6. The van der Waals surface area contributed by atoms with Gasteiger partial charge in [0.2, 0.25) is 11.8 Å². The van der Waals surface area contributed by atoms with Crippen molar-refractivity contribution >= 4 is 11.9 Å². The molecule has 1 aromatic heterocycles. The summed E-state index contributed by atoms with van der Waals surface area (Å²) in [6.07, 6.45) is 0.630. The van der Waals surface area contributed by atoms with Gasteiger partial charge in [0, 0.05) is 34.1 Å². The number of hydrogen-bond donors (Lipinski definition) is 0. The van der Waals surface area contributed by atoms with Gasteiger partial charge < -0.3 is 9.32 Å². The van der Waals surface area contributed by atoms with Crippen molar-refractivity contribution in [3.63, 3.8) is 0 Å². The summed E-state index contributed by atoms with van der Waals surface area (Å²) in [5, 5.41) is 7.75. The Kier molecular flexibility index (Phi) is 2.79. The van der Waals surface area contributed by atoms with E-state index in [1.807, 2.05) is 0 Å². The van der Waals surface area contributed by atoms with Crippen molar-refractivity contribution in [2.75, 3.05) is 27.2 Å². The number of carbonyl (C=O) groups excluding carboxylic acids is 2. The standard InChI is InChI=1S/C12H17N5O3/c1-8-13-14-9(20-8)6-17-5-4-12(7-17)10(18)15(2)11(19)16(12)3/h4-7H2,1-3H3. The number of likely N-dealkylation sites (tertiary alicyclic amines) is 1. The minimum Gasteiger partial charge on any atom is -0.424 e. The molecule has 2 saturated heterocycles. The van der Waals surface area contributed by atoms with Crippen LogP contribution < -0.4 is 0 Å². The third kappa shape index (κ3) is 1.71. The van der Waals surface area contributed by atoms with E-state index in [9.17, 15) is 9.59 Å². The van der Waals surface area contributed by atoms with Gasteiger partial charge in [-0.25, -0.2) is 4.79 Å². The van der Waals surface area contributed by atoms with Gasteiger partial charge in [0.25, 0.3) is 5.91 Å². The summed E-state index contributed by atoms with van der Waals surface area (Å²) >= 11 is 0. The van der Waals surface area contributed by atoms with Crippen molar-refractivity contribution in [3.8, 4) is 0 Å². The van der Waals surface area contributed by atoms with Crippen LogP contribution in [0.3, 0.4) is 0 Å². The maximum atomic E-state index is 12.3. The highest BCUT2D eigenvalue weighted by atomic mass is 16.4. The van der Waals surface area contributed by atoms with Crippen molar-refractivity contribution in [3.05, 3.63) is 11.8 Å². The molecule has 3 heterocycles. The summed E-state index contributed by atoms with van der Waals surface area (Å²) in [7, 11) is 3.21. The van der Waals surface area contributed by atoms with E-state index in [1.165, 1.54) is 11.9 Å². The molecular formula is C12H17N5O3. The van der Waals surface area contributed by atoms with Gasteiger partial charge in [0.15, 0.2) is 0 Å². The molecule has 0 bridgehead atoms. The molecular weight excluding hydrogens is 262 g/mol. The summed E-state index contributed by atoms with van der Waals surface area (Å²) in [4.78, 5) is 29.1. The van der Waals surface area contributed by atoms with Gasteiger partial charge in [-0.05, 0) is 6.42 Å². The van der Waals surface area contributed by atoms with Crippen LogP contribution in [0.4, 0.5) is 4.79 Å². The Bertz CT molecular complexity index is 571. The number of rotatable bonds is 2. The molecule has 0 saturated carbocycles. The van der Waals surface area contributed by atoms with Gasteiger partial charge in [-0.15, -0.1) is 10.2 Å². The van der Waals surface area contributed by atoms with Gasteiger partial charge in [-0.3, -0.25) is 14.6 Å². The summed E-state index contributed by atoms with van der Waals surface area (Å²) in [5.74, 6) is 0.930. The third-order valence-electron chi connectivity index (χ3n) is 4.17. The second-order valence-electron chi connectivity index (χ2n) is 5.41. The smallest absolute Gasteiger partial charge is 0.327 e. The van der Waals surface area contributed by atoms with Crippen molar-refractivity contribution in [2.24, 2.45) is 0 Å². The van der Waals surface area contributed by atoms with Crippen molar-refractivity contribution < 1.29 is 14.0 Å². The zero-order valence-electron chi connectivity index (χ0n) is 11.8. The average molecular weight is 279 g/mol. The first kappa shape index (κ1) is 13.0. The first-order valence-corrected chi connectivity index (χ1v) is 6.51. The van der Waals surface area contributed by atoms with Gasteiger partial charge in [-0.2, -0.15) is 0 Å². The first-order valence-electron chi connectivity index (χ1n) is 6.51. The predicted molar refractivity (Wildman–Crippen MR) is 67.6 cm³/mol. The highest BCUT2D eigenvalue weighted by Crippen LogP contribution is 2.35. The number of carbonyl (C=O) groups is 2. The fraction of sp³-hybridized carbons (Fsp3) is 0.667. The van der Waals surface area contributed by atoms with Crippen molar-refractivity contribution in [1.29, 1.82) is 0 Å². The van der Waals surface area contributed by atoms with Crippen molar-refractivity contribution in [1.82, 2.24) is 24.9 Å². The topological polar surface area (TPSA) is 82.8 Å². The molecule has 20 heavy (non-hydrogen) atoms. The minimum atomic E-state index is -0.735. The summed E-state index contributed by atoms with van der Waals surface area (Å²) in [5.41, 5.74) is -0.735. The lowest BCUT2D eigenvalue weighted by molar-refractivity contribution is -0.131. The van der Waals surface area contributed by atoms with Gasteiger partial charge in [-0.1, -0.05) is 0 Å². The molecule has 3 rings (SSSR count). The number of likely N-dealkylation sites (N-methyl/N-ethyl adjacent to an activating group) is 2. The molecule has 2 fully saturated rings. The molecule has 2 aliphatic heterocycles. The van der Waals surface area contributed by atoms with Crippen LogP contribution in [0.1, 0.15) is 18.2 Å². The number of aryl methyl sites for hydroxylation is 1. The Balaban J connectivity index is 1.76. The number of imide groups is 1. The SMILES string of the molecule is Cc1nnc(CN2CCC3(C2)C(=O)N(C)C(=O)N3C)o1. The maximum absolute atomic E-state index is 12.3. The lowest BCUT2D eigenvalue weighted by Gasteiger charge is -2.27. The second kappa shape index (κ2) is 4.27. The minimum absolute atomic E-state index is 0.130. The summed E-state index contributed by atoms with van der Waals surface area (Å²) in [6, 6.07) is -0.245. The Morgan fingerprint density at radius 2 is 2.05 bits per heavy atom. The first-order chi connectivity index (χ1) is 9.44. The molecule has 0 radical (unpaired) electrons. The molecule has 1 atom stereocenters. The highest BCUT2D eigenvalue weighted by molar-refractivity contribution is 6.07. The van der Waals surface area contributed by atoms with Crippen LogP contribution in [-0.4, -0.2) is 69.6 Å². The molecule has 0 N–H and O–H groups in total. The number of nitrogens with zero attached hydrogens (tertiary/aromatic N) is 5. The van der Waals surface area contributed by atoms with E-state index in [-0.39, 0.29) is 11.9 Å². The van der Waals surface area contributed by atoms with E-state index in [4.69, 9.17) is 4.42 Å². The quantitative estimate of drug-likeness (QED) is 0.700. The van der Waals surface area contributed by atoms with E-state index in [2.05, 4.69) is 15.1 Å². The molecule has 1 spiro atoms. The summed E-state index contributed by atoms with van der Waals surface area (Å²) < 4.78 is 5.35.